The van der Waals surface area contributed by atoms with Gasteiger partial charge >= 0.3 is 0 Å². The Bertz CT molecular complexity index is 453. The molecule has 7 heteroatoms. The monoisotopic (exact) mass is 311 g/mol. The first-order valence-electron chi connectivity index (χ1n) is 7.27. The molecule has 2 N–H and O–H groups in total. The van der Waals surface area contributed by atoms with E-state index < -0.39 is 0 Å². The molecule has 21 heavy (non-hydrogen) atoms. The first kappa shape index (κ1) is 17.7. The molecule has 0 radical (unpaired) electrons. The van der Waals surface area contributed by atoms with Gasteiger partial charge in [-0.3, -0.25) is 0 Å². The average molecular weight is 311 g/mol. The van der Waals surface area contributed by atoms with Crippen molar-refractivity contribution in [2.75, 3.05) is 37.1 Å². The summed E-state index contributed by atoms with van der Waals surface area (Å²) in [5.74, 6) is 2.73. The standard InChI is InChI=1S/C10H17N5S.C4H8O/c1-4-11-10-12-7-5-6-16-8(7)9(13-10)14-15(2)3;1-2-3-4-5/h4-6H2,1-3H3,(H2,11,12,13,14);4H,2-3H2,1H3. The minimum atomic E-state index is 0.708. The maximum atomic E-state index is 9.40. The van der Waals surface area contributed by atoms with Crippen LogP contribution in [0.1, 0.15) is 32.4 Å². The predicted molar refractivity (Wildman–Crippen MR) is 88.9 cm³/mol. The van der Waals surface area contributed by atoms with Gasteiger partial charge in [0.1, 0.15) is 6.29 Å². The van der Waals surface area contributed by atoms with Crippen molar-refractivity contribution in [1.29, 1.82) is 0 Å². The molecule has 1 aliphatic rings. The molecule has 2 rings (SSSR count). The second-order valence-electron chi connectivity index (χ2n) is 4.76. The van der Waals surface area contributed by atoms with Gasteiger partial charge in [0.25, 0.3) is 0 Å². The average Bonchev–Trinajstić information content (AvgIpc) is 2.88. The van der Waals surface area contributed by atoms with Crippen LogP contribution in [0.15, 0.2) is 4.90 Å². The van der Waals surface area contributed by atoms with E-state index in [1.807, 2.05) is 44.7 Å². The Labute approximate surface area is 131 Å². The van der Waals surface area contributed by atoms with Crippen molar-refractivity contribution < 1.29 is 4.79 Å². The van der Waals surface area contributed by atoms with Crippen molar-refractivity contribution in [1.82, 2.24) is 15.0 Å². The highest BCUT2D eigenvalue weighted by Crippen LogP contribution is 2.35. The van der Waals surface area contributed by atoms with Gasteiger partial charge in [-0.25, -0.2) is 9.99 Å². The maximum Gasteiger partial charge on any atom is 0.224 e. The van der Waals surface area contributed by atoms with E-state index in [0.717, 1.165) is 42.9 Å². The van der Waals surface area contributed by atoms with E-state index in [1.54, 1.807) is 0 Å². The number of anilines is 2. The van der Waals surface area contributed by atoms with Crippen LogP contribution in [0.25, 0.3) is 0 Å². The van der Waals surface area contributed by atoms with Gasteiger partial charge in [-0.05, 0) is 13.3 Å². The molecule has 0 saturated carbocycles. The number of aryl methyl sites for hydroxylation is 1. The molecule has 1 aromatic rings. The number of unbranched alkanes of at least 4 members (excludes halogenated alkanes) is 1. The van der Waals surface area contributed by atoms with Crippen LogP contribution in [0, 0.1) is 0 Å². The zero-order valence-corrected chi connectivity index (χ0v) is 14.1. The number of hydrogen-bond donors (Lipinski definition) is 2. The summed E-state index contributed by atoms with van der Waals surface area (Å²) < 4.78 is 0. The highest BCUT2D eigenvalue weighted by molar-refractivity contribution is 7.99. The van der Waals surface area contributed by atoms with Crippen LogP contribution >= 0.6 is 11.8 Å². The Balaban J connectivity index is 0.000000383. The molecule has 0 unspecified atom stereocenters. The number of fused-ring (bicyclic) bond motifs is 1. The number of aromatic nitrogens is 2. The molecule has 0 aliphatic carbocycles. The predicted octanol–water partition coefficient (Wildman–Crippen LogP) is 2.43. The molecule has 2 heterocycles. The number of aldehydes is 1. The van der Waals surface area contributed by atoms with Crippen LogP contribution in [0.4, 0.5) is 11.8 Å². The molecular weight excluding hydrogens is 286 g/mol. The fourth-order valence-electron chi connectivity index (χ4n) is 1.71. The van der Waals surface area contributed by atoms with Gasteiger partial charge in [-0.15, -0.1) is 11.8 Å². The second kappa shape index (κ2) is 9.57. The molecule has 0 bridgehead atoms. The highest BCUT2D eigenvalue weighted by Gasteiger charge is 2.20. The highest BCUT2D eigenvalue weighted by atomic mass is 32.2. The maximum absolute atomic E-state index is 9.40. The molecular formula is C14H25N5OS. The van der Waals surface area contributed by atoms with Crippen molar-refractivity contribution in [3.05, 3.63) is 5.69 Å². The van der Waals surface area contributed by atoms with Crippen molar-refractivity contribution >= 4 is 29.8 Å². The topological polar surface area (TPSA) is 70.2 Å². The van der Waals surface area contributed by atoms with Crippen LogP contribution in [0.5, 0.6) is 0 Å². The van der Waals surface area contributed by atoms with E-state index in [2.05, 4.69) is 20.7 Å². The molecule has 0 aromatic carbocycles. The van der Waals surface area contributed by atoms with Gasteiger partial charge in [-0.2, -0.15) is 4.98 Å². The minimum absolute atomic E-state index is 0.708. The zero-order valence-electron chi connectivity index (χ0n) is 13.3. The van der Waals surface area contributed by atoms with E-state index in [0.29, 0.717) is 12.4 Å². The number of thioether (sulfide) groups is 1. The minimum Gasteiger partial charge on any atom is -0.354 e. The van der Waals surface area contributed by atoms with Crippen molar-refractivity contribution in [2.24, 2.45) is 0 Å². The number of nitrogens with one attached hydrogen (secondary N) is 2. The fourth-order valence-corrected chi connectivity index (χ4v) is 2.75. The third-order valence-electron chi connectivity index (χ3n) is 2.59. The summed E-state index contributed by atoms with van der Waals surface area (Å²) >= 11 is 1.82. The van der Waals surface area contributed by atoms with Gasteiger partial charge in [0.2, 0.25) is 5.95 Å². The molecule has 1 aromatic heterocycles. The van der Waals surface area contributed by atoms with E-state index in [-0.39, 0.29) is 0 Å². The number of carbonyl (C=O) groups is 1. The van der Waals surface area contributed by atoms with Crippen molar-refractivity contribution in [3.63, 3.8) is 0 Å². The molecule has 0 amide bonds. The Kier molecular flexibility index (Phi) is 8.07. The Morgan fingerprint density at radius 1 is 1.33 bits per heavy atom. The van der Waals surface area contributed by atoms with Gasteiger partial charge in [0.15, 0.2) is 5.82 Å². The molecule has 0 fully saturated rings. The third kappa shape index (κ3) is 5.89. The summed E-state index contributed by atoms with van der Waals surface area (Å²) in [5.41, 5.74) is 4.38. The lowest BCUT2D eigenvalue weighted by molar-refractivity contribution is -0.107. The molecule has 0 spiro atoms. The third-order valence-corrected chi connectivity index (χ3v) is 3.72. The van der Waals surface area contributed by atoms with Crippen molar-refractivity contribution in [2.45, 2.75) is 38.0 Å². The molecule has 0 atom stereocenters. The number of hydrazine groups is 1. The van der Waals surface area contributed by atoms with Crippen LogP contribution < -0.4 is 10.7 Å². The smallest absolute Gasteiger partial charge is 0.224 e. The SMILES string of the molecule is CCCC=O.CCNc1nc2c(c(NN(C)C)n1)SCC2. The Hall–Kier alpha value is -1.34. The van der Waals surface area contributed by atoms with Crippen LogP contribution in [0.2, 0.25) is 0 Å². The number of carbonyl (C=O) groups excluding carboxylic acids is 1. The Morgan fingerprint density at radius 3 is 2.62 bits per heavy atom. The van der Waals surface area contributed by atoms with Crippen molar-refractivity contribution in [3.8, 4) is 0 Å². The molecule has 0 saturated heterocycles. The van der Waals surface area contributed by atoms with Gasteiger partial charge < -0.3 is 15.5 Å². The summed E-state index contributed by atoms with van der Waals surface area (Å²) in [6, 6.07) is 0. The van der Waals surface area contributed by atoms with E-state index >= 15 is 0 Å². The zero-order chi connectivity index (χ0) is 15.7. The second-order valence-corrected chi connectivity index (χ2v) is 5.87. The van der Waals surface area contributed by atoms with Crippen LogP contribution in [-0.2, 0) is 11.2 Å². The van der Waals surface area contributed by atoms with Crippen LogP contribution in [-0.4, -0.2) is 47.7 Å². The molecule has 118 valence electrons. The fraction of sp³-hybridized carbons (Fsp3) is 0.643. The summed E-state index contributed by atoms with van der Waals surface area (Å²) in [5, 5.41) is 5.06. The summed E-state index contributed by atoms with van der Waals surface area (Å²) in [6.07, 6.45) is 3.65. The lowest BCUT2D eigenvalue weighted by atomic mass is 10.3. The molecule has 6 nitrogen and oxygen atoms in total. The lowest BCUT2D eigenvalue weighted by Gasteiger charge is -2.16. The quantitative estimate of drug-likeness (QED) is 0.617. The number of rotatable bonds is 6. The van der Waals surface area contributed by atoms with Gasteiger partial charge in [0, 0.05) is 39.2 Å². The number of nitrogens with zero attached hydrogens (tertiary/aromatic N) is 3. The normalized spacial score (nSPS) is 12.4. The Morgan fingerprint density at radius 2 is 2.10 bits per heavy atom. The van der Waals surface area contributed by atoms with Crippen LogP contribution in [0.3, 0.4) is 0 Å². The first-order chi connectivity index (χ1) is 10.1. The van der Waals surface area contributed by atoms with Gasteiger partial charge in [0.05, 0.1) is 10.6 Å². The largest absolute Gasteiger partial charge is 0.354 e. The van der Waals surface area contributed by atoms with E-state index in [1.165, 1.54) is 4.90 Å². The number of hydrogen-bond acceptors (Lipinski definition) is 7. The summed E-state index contributed by atoms with van der Waals surface area (Å²) in [6.45, 7) is 4.87. The van der Waals surface area contributed by atoms with E-state index in [4.69, 9.17) is 0 Å². The summed E-state index contributed by atoms with van der Waals surface area (Å²) in [7, 11) is 3.92. The van der Waals surface area contributed by atoms with E-state index in [9.17, 15) is 4.79 Å². The first-order valence-corrected chi connectivity index (χ1v) is 8.26. The lowest BCUT2D eigenvalue weighted by Crippen LogP contribution is -2.21. The summed E-state index contributed by atoms with van der Waals surface area (Å²) in [4.78, 5) is 19.6. The molecule has 1 aliphatic heterocycles. The van der Waals surface area contributed by atoms with Gasteiger partial charge in [-0.1, -0.05) is 6.92 Å².